The monoisotopic (exact) mass is 459 g/mol. The van der Waals surface area contributed by atoms with Gasteiger partial charge in [-0.1, -0.05) is 42.5 Å². The predicted molar refractivity (Wildman–Crippen MR) is 118 cm³/mol. The molecule has 0 radical (unpaired) electrons. The van der Waals surface area contributed by atoms with Gasteiger partial charge in [0.05, 0.1) is 19.8 Å². The maximum atomic E-state index is 12.2. The summed E-state index contributed by atoms with van der Waals surface area (Å²) in [6, 6.07) is 14.7. The average molecular weight is 459 g/mol. The van der Waals surface area contributed by atoms with Gasteiger partial charge in [-0.15, -0.1) is 0 Å². The van der Waals surface area contributed by atoms with Gasteiger partial charge in [-0.05, 0) is 30.2 Å². The molecule has 2 N–H and O–H groups in total. The highest BCUT2D eigenvalue weighted by molar-refractivity contribution is 5.85. The highest BCUT2D eigenvalue weighted by atomic mass is 16.6. The summed E-state index contributed by atoms with van der Waals surface area (Å²) in [7, 11) is 0. The molecule has 2 rings (SSSR count). The Kier molecular flexibility index (Phi) is 11.4. The van der Waals surface area contributed by atoms with Crippen LogP contribution in [0.4, 0.5) is 0 Å². The van der Waals surface area contributed by atoms with Crippen molar-refractivity contribution >= 4 is 17.8 Å². The van der Waals surface area contributed by atoms with E-state index in [9.17, 15) is 19.5 Å². The molecule has 0 aliphatic heterocycles. The molecule has 9 nitrogen and oxygen atoms in total. The van der Waals surface area contributed by atoms with Gasteiger partial charge in [0.1, 0.15) is 31.6 Å². The average Bonchev–Trinajstić information content (AvgIpc) is 2.81. The zero-order valence-electron chi connectivity index (χ0n) is 18.5. The second-order valence-electron chi connectivity index (χ2n) is 6.99. The Morgan fingerprint density at radius 1 is 0.879 bits per heavy atom. The Bertz CT molecular complexity index is 870. The highest BCUT2D eigenvalue weighted by Crippen LogP contribution is 2.12. The molecule has 0 aromatic heterocycles. The van der Waals surface area contributed by atoms with Crippen LogP contribution in [0, 0.1) is 0 Å². The lowest BCUT2D eigenvalue weighted by atomic mass is 10.1. The maximum Gasteiger partial charge on any atom is 0.332 e. The number of hydrogen-bond acceptors (Lipinski definition) is 8. The molecule has 33 heavy (non-hydrogen) atoms. The minimum absolute atomic E-state index is 0.0847. The number of nitrogens with one attached hydrogen (secondary N) is 1. The van der Waals surface area contributed by atoms with Gasteiger partial charge >= 0.3 is 11.9 Å². The van der Waals surface area contributed by atoms with Crippen LogP contribution in [0.25, 0.3) is 0 Å². The highest BCUT2D eigenvalue weighted by Gasteiger charge is 2.22. The first-order chi connectivity index (χ1) is 16.0. The molecule has 0 fully saturated rings. The predicted octanol–water partition coefficient (Wildman–Crippen LogP) is 1.76. The molecule has 1 atom stereocenters. The number of carbonyl (C=O) groups is 3. The van der Waals surface area contributed by atoms with E-state index in [1.807, 2.05) is 30.3 Å². The van der Waals surface area contributed by atoms with Crippen molar-refractivity contribution in [2.45, 2.75) is 26.0 Å². The van der Waals surface area contributed by atoms with Gasteiger partial charge in [-0.2, -0.15) is 0 Å². The van der Waals surface area contributed by atoms with Crippen LogP contribution in [0.3, 0.4) is 0 Å². The summed E-state index contributed by atoms with van der Waals surface area (Å²) in [5, 5.41) is 12.0. The van der Waals surface area contributed by atoms with Crippen molar-refractivity contribution in [2.24, 2.45) is 0 Å². The molecule has 0 saturated heterocycles. The second-order valence-corrected chi connectivity index (χ2v) is 6.99. The fourth-order valence-electron chi connectivity index (χ4n) is 2.76. The molecule has 1 amide bonds. The van der Waals surface area contributed by atoms with Crippen molar-refractivity contribution < 1.29 is 38.4 Å². The lowest BCUT2D eigenvalue weighted by molar-refractivity contribution is -0.151. The smallest absolute Gasteiger partial charge is 0.332 e. The van der Waals surface area contributed by atoms with Crippen LogP contribution in [0.1, 0.15) is 18.1 Å². The van der Waals surface area contributed by atoms with E-state index in [-0.39, 0.29) is 51.8 Å². The van der Waals surface area contributed by atoms with Crippen LogP contribution in [-0.4, -0.2) is 62.0 Å². The van der Waals surface area contributed by atoms with Crippen molar-refractivity contribution in [1.82, 2.24) is 5.32 Å². The Balaban J connectivity index is 1.63. The van der Waals surface area contributed by atoms with Crippen molar-refractivity contribution in [3.8, 4) is 5.75 Å². The second kappa shape index (κ2) is 14.6. The molecular formula is C24H29NO8. The van der Waals surface area contributed by atoms with Crippen LogP contribution in [-0.2, 0) is 46.4 Å². The summed E-state index contributed by atoms with van der Waals surface area (Å²) in [5.74, 6) is -1.44. The molecule has 2 aromatic carbocycles. The zero-order chi connectivity index (χ0) is 23.9. The van der Waals surface area contributed by atoms with Crippen LogP contribution in [0.2, 0.25) is 0 Å². The number of phenolic OH excluding ortho intramolecular Hbond substituents is 1. The Hall–Kier alpha value is -3.43. The summed E-state index contributed by atoms with van der Waals surface area (Å²) in [5.41, 5.74) is 1.63. The third-order valence-electron chi connectivity index (χ3n) is 4.35. The van der Waals surface area contributed by atoms with Crippen LogP contribution < -0.4 is 5.32 Å². The molecule has 0 aliphatic rings. The first-order valence-electron chi connectivity index (χ1n) is 10.6. The molecule has 0 spiro atoms. The van der Waals surface area contributed by atoms with Crippen molar-refractivity contribution in [3.63, 3.8) is 0 Å². The molecule has 0 bridgehead atoms. The molecular weight excluding hydrogens is 430 g/mol. The van der Waals surface area contributed by atoms with Gasteiger partial charge in [0.25, 0.3) is 0 Å². The van der Waals surface area contributed by atoms with E-state index in [4.69, 9.17) is 18.9 Å². The van der Waals surface area contributed by atoms with E-state index in [1.165, 1.54) is 12.1 Å². The number of phenols is 1. The van der Waals surface area contributed by atoms with E-state index >= 15 is 0 Å². The molecule has 0 aliphatic carbocycles. The number of ether oxygens (including phenoxy) is 4. The van der Waals surface area contributed by atoms with Crippen molar-refractivity contribution in [2.75, 3.05) is 33.0 Å². The van der Waals surface area contributed by atoms with E-state index < -0.39 is 23.9 Å². The number of aromatic hydroxyl groups is 1. The molecule has 178 valence electrons. The van der Waals surface area contributed by atoms with Gasteiger partial charge in [-0.25, -0.2) is 9.59 Å². The molecule has 0 heterocycles. The summed E-state index contributed by atoms with van der Waals surface area (Å²) in [6.45, 7) is 1.71. The number of amides is 1. The van der Waals surface area contributed by atoms with E-state index in [0.29, 0.717) is 0 Å². The number of hydrogen-bond donors (Lipinski definition) is 2. The number of benzene rings is 2. The molecule has 9 heteroatoms. The molecule has 0 saturated carbocycles. The van der Waals surface area contributed by atoms with Gasteiger partial charge in [0, 0.05) is 6.42 Å². The summed E-state index contributed by atoms with van der Waals surface area (Å²) in [6.07, 6.45) is 0.207. The Morgan fingerprint density at radius 2 is 1.55 bits per heavy atom. The lowest BCUT2D eigenvalue weighted by Crippen LogP contribution is -2.45. The van der Waals surface area contributed by atoms with Gasteiger partial charge < -0.3 is 29.4 Å². The van der Waals surface area contributed by atoms with Gasteiger partial charge in [-0.3, -0.25) is 4.79 Å². The van der Waals surface area contributed by atoms with Gasteiger partial charge in [0.15, 0.2) is 0 Å². The standard InChI is InChI=1S/C24H29NO8/c1-2-32-24(29)21(14-18-8-10-20(26)11-9-18)25-22(27)16-30-12-13-31-17-23(28)33-15-19-6-4-3-5-7-19/h3-11,21,26H,2,12-17H2,1H3,(H,25,27). The molecule has 1 unspecified atom stereocenters. The zero-order valence-corrected chi connectivity index (χ0v) is 18.5. The van der Waals surface area contributed by atoms with E-state index in [2.05, 4.69) is 5.32 Å². The summed E-state index contributed by atoms with van der Waals surface area (Å²) in [4.78, 5) is 36.0. The first-order valence-corrected chi connectivity index (χ1v) is 10.6. The van der Waals surface area contributed by atoms with Crippen molar-refractivity contribution in [1.29, 1.82) is 0 Å². The minimum Gasteiger partial charge on any atom is -0.508 e. The van der Waals surface area contributed by atoms with Crippen molar-refractivity contribution in [3.05, 3.63) is 65.7 Å². The first kappa shape index (κ1) is 25.8. The number of esters is 2. The lowest BCUT2D eigenvalue weighted by Gasteiger charge is -2.17. The quantitative estimate of drug-likeness (QED) is 0.324. The maximum absolute atomic E-state index is 12.2. The topological polar surface area (TPSA) is 120 Å². The Morgan fingerprint density at radius 3 is 2.21 bits per heavy atom. The van der Waals surface area contributed by atoms with E-state index in [1.54, 1.807) is 19.1 Å². The SMILES string of the molecule is CCOC(=O)C(Cc1ccc(O)cc1)NC(=O)COCCOCC(=O)OCc1ccccc1. The summed E-state index contributed by atoms with van der Waals surface area (Å²) >= 11 is 0. The third-order valence-corrected chi connectivity index (χ3v) is 4.35. The Labute approximate surface area is 192 Å². The van der Waals surface area contributed by atoms with Crippen LogP contribution in [0.5, 0.6) is 5.75 Å². The summed E-state index contributed by atoms with van der Waals surface area (Å²) < 4.78 is 20.5. The fraction of sp³-hybridized carbons (Fsp3) is 0.375. The van der Waals surface area contributed by atoms with Crippen LogP contribution >= 0.6 is 0 Å². The van der Waals surface area contributed by atoms with E-state index in [0.717, 1.165) is 11.1 Å². The normalized spacial score (nSPS) is 11.4. The largest absolute Gasteiger partial charge is 0.508 e. The molecule has 2 aromatic rings. The minimum atomic E-state index is -0.888. The fourth-order valence-corrected chi connectivity index (χ4v) is 2.76. The number of rotatable bonds is 14. The number of carbonyl (C=O) groups excluding carboxylic acids is 3. The van der Waals surface area contributed by atoms with Crippen LogP contribution in [0.15, 0.2) is 54.6 Å². The van der Waals surface area contributed by atoms with Gasteiger partial charge in [0.2, 0.25) is 5.91 Å². The third kappa shape index (κ3) is 10.6.